The Kier molecular flexibility index (Phi) is 6.01. The lowest BCUT2D eigenvalue weighted by atomic mass is 10.2. The molecule has 0 aliphatic carbocycles. The number of halogens is 3. The van der Waals surface area contributed by atoms with Gasteiger partial charge in [0, 0.05) is 9.86 Å². The molecule has 0 saturated carbocycles. The van der Waals surface area contributed by atoms with Crippen LogP contribution in [0, 0.1) is 11.3 Å². The van der Waals surface area contributed by atoms with Crippen molar-refractivity contribution in [3.05, 3.63) is 62.2 Å². The number of hydrazone groups is 1. The van der Waals surface area contributed by atoms with Crippen molar-refractivity contribution in [1.82, 2.24) is 5.43 Å². The topological polar surface area (TPSA) is 87.6 Å². The summed E-state index contributed by atoms with van der Waals surface area (Å²) in [5, 5.41) is 13.7. The molecule has 0 fully saturated rings. The maximum atomic E-state index is 12.2. The molecule has 1 heterocycles. The quantitative estimate of drug-likeness (QED) is 0.415. The fourth-order valence-electron chi connectivity index (χ4n) is 2.24. The number of nitrogens with one attached hydrogen (secondary N) is 1. The van der Waals surface area contributed by atoms with E-state index in [-0.39, 0.29) is 28.2 Å². The van der Waals surface area contributed by atoms with Gasteiger partial charge in [-0.2, -0.15) is 10.4 Å². The number of fused-ring (bicyclic) bond motifs is 1. The SMILES string of the molecule is N#CCOc1c(Cl)cc(/C=N/NC(=O)c2cc3cc(Br)ccc3o2)cc1Cl. The molecule has 1 N–H and O–H groups in total. The molecule has 0 aliphatic heterocycles. The van der Waals surface area contributed by atoms with E-state index in [9.17, 15) is 4.79 Å². The highest BCUT2D eigenvalue weighted by Gasteiger charge is 2.12. The molecule has 1 amide bonds. The van der Waals surface area contributed by atoms with Crippen LogP contribution in [0.1, 0.15) is 16.1 Å². The molecule has 9 heteroatoms. The minimum absolute atomic E-state index is 0.136. The minimum Gasteiger partial charge on any atom is -0.476 e. The Labute approximate surface area is 172 Å². The number of ether oxygens (including phenoxy) is 1. The smallest absolute Gasteiger partial charge is 0.307 e. The lowest BCUT2D eigenvalue weighted by Gasteiger charge is -2.07. The van der Waals surface area contributed by atoms with E-state index in [0.717, 1.165) is 9.86 Å². The molecule has 3 rings (SSSR count). The van der Waals surface area contributed by atoms with E-state index in [1.54, 1.807) is 24.3 Å². The molecule has 3 aromatic rings. The summed E-state index contributed by atoms with van der Waals surface area (Å²) in [4.78, 5) is 12.2. The van der Waals surface area contributed by atoms with Gasteiger partial charge in [0.05, 0.1) is 16.3 Å². The molecule has 0 saturated heterocycles. The van der Waals surface area contributed by atoms with Crippen LogP contribution in [0.3, 0.4) is 0 Å². The number of nitriles is 1. The van der Waals surface area contributed by atoms with E-state index in [1.165, 1.54) is 6.21 Å². The van der Waals surface area contributed by atoms with Crippen LogP contribution in [0.15, 0.2) is 50.4 Å². The van der Waals surface area contributed by atoms with Crippen LogP contribution in [0.4, 0.5) is 0 Å². The third kappa shape index (κ3) is 4.61. The third-order valence-electron chi connectivity index (χ3n) is 3.38. The van der Waals surface area contributed by atoms with Crippen molar-refractivity contribution in [2.45, 2.75) is 0 Å². The molecule has 6 nitrogen and oxygen atoms in total. The van der Waals surface area contributed by atoms with Gasteiger partial charge in [-0.05, 0) is 42.0 Å². The normalized spacial score (nSPS) is 10.9. The van der Waals surface area contributed by atoms with Gasteiger partial charge < -0.3 is 9.15 Å². The summed E-state index contributed by atoms with van der Waals surface area (Å²) < 4.78 is 11.5. The second-order valence-electron chi connectivity index (χ2n) is 5.25. The molecule has 0 unspecified atom stereocenters. The van der Waals surface area contributed by atoms with Gasteiger partial charge in [-0.15, -0.1) is 0 Å². The summed E-state index contributed by atoms with van der Waals surface area (Å²) in [7, 11) is 0. The molecule has 136 valence electrons. The van der Waals surface area contributed by atoms with Crippen molar-refractivity contribution in [3.63, 3.8) is 0 Å². The van der Waals surface area contributed by atoms with Crippen molar-refractivity contribution >= 4 is 62.2 Å². The summed E-state index contributed by atoms with van der Waals surface area (Å²) in [6.07, 6.45) is 1.38. The average Bonchev–Trinajstić information content (AvgIpc) is 3.04. The van der Waals surface area contributed by atoms with Crippen LogP contribution in [-0.4, -0.2) is 18.7 Å². The highest BCUT2D eigenvalue weighted by atomic mass is 79.9. The van der Waals surface area contributed by atoms with E-state index < -0.39 is 5.91 Å². The summed E-state index contributed by atoms with van der Waals surface area (Å²) >= 11 is 15.5. The van der Waals surface area contributed by atoms with E-state index in [1.807, 2.05) is 18.2 Å². The highest BCUT2D eigenvalue weighted by Crippen LogP contribution is 2.33. The van der Waals surface area contributed by atoms with Crippen molar-refractivity contribution in [1.29, 1.82) is 5.26 Å². The molecule has 0 radical (unpaired) electrons. The number of rotatable bonds is 5. The van der Waals surface area contributed by atoms with E-state index in [4.69, 9.17) is 37.6 Å². The number of nitrogens with zero attached hydrogens (tertiary/aromatic N) is 2. The fraction of sp³-hybridized carbons (Fsp3) is 0.0556. The maximum absolute atomic E-state index is 12.2. The second-order valence-corrected chi connectivity index (χ2v) is 6.98. The molecule has 0 aliphatic rings. The van der Waals surface area contributed by atoms with Gasteiger partial charge in [0.2, 0.25) is 0 Å². The molecular formula is C18H10BrCl2N3O3. The minimum atomic E-state index is -0.496. The summed E-state index contributed by atoms with van der Waals surface area (Å²) in [5.41, 5.74) is 3.52. The van der Waals surface area contributed by atoms with Crippen LogP contribution in [-0.2, 0) is 0 Å². The predicted octanol–water partition coefficient (Wildman–Crippen LogP) is 5.17. The number of amides is 1. The number of furan rings is 1. The Hall–Kier alpha value is -2.53. The van der Waals surface area contributed by atoms with Gasteiger partial charge in [0.25, 0.3) is 0 Å². The first kappa shape index (κ1) is 19.2. The zero-order chi connectivity index (χ0) is 19.4. The molecule has 1 aromatic heterocycles. The first-order chi connectivity index (χ1) is 13.0. The highest BCUT2D eigenvalue weighted by molar-refractivity contribution is 9.10. The number of benzene rings is 2. The monoisotopic (exact) mass is 465 g/mol. The van der Waals surface area contributed by atoms with Crippen LogP contribution in [0.25, 0.3) is 11.0 Å². The summed E-state index contributed by atoms with van der Waals surface area (Å²) in [5.74, 6) is -0.143. The van der Waals surface area contributed by atoms with Gasteiger partial charge in [-0.1, -0.05) is 39.1 Å². The van der Waals surface area contributed by atoms with Gasteiger partial charge in [0.1, 0.15) is 11.7 Å². The largest absolute Gasteiger partial charge is 0.476 e. The predicted molar refractivity (Wildman–Crippen MR) is 107 cm³/mol. The number of hydrogen-bond donors (Lipinski definition) is 1. The zero-order valence-corrected chi connectivity index (χ0v) is 16.6. The lowest BCUT2D eigenvalue weighted by molar-refractivity contribution is 0.0929. The fourth-order valence-corrected chi connectivity index (χ4v) is 3.23. The van der Waals surface area contributed by atoms with Crippen molar-refractivity contribution in [2.24, 2.45) is 5.10 Å². The molecular weight excluding hydrogens is 457 g/mol. The molecule has 0 spiro atoms. The Morgan fingerprint density at radius 3 is 2.74 bits per heavy atom. The zero-order valence-electron chi connectivity index (χ0n) is 13.5. The Morgan fingerprint density at radius 1 is 1.30 bits per heavy atom. The third-order valence-corrected chi connectivity index (χ3v) is 4.44. The number of carbonyl (C=O) groups excluding carboxylic acids is 1. The number of hydrogen-bond acceptors (Lipinski definition) is 5. The average molecular weight is 467 g/mol. The van der Waals surface area contributed by atoms with Crippen LogP contribution in [0.2, 0.25) is 10.0 Å². The summed E-state index contributed by atoms with van der Waals surface area (Å²) in [6.45, 7) is -0.170. The number of carbonyl (C=O) groups is 1. The molecule has 27 heavy (non-hydrogen) atoms. The standard InChI is InChI=1S/C18H10BrCl2N3O3/c19-12-1-2-15-11(7-12)8-16(27-15)18(25)24-23-9-10-5-13(20)17(14(21)6-10)26-4-3-22/h1-2,5-9H,4H2,(H,24,25)/b23-9+. The van der Waals surface area contributed by atoms with E-state index >= 15 is 0 Å². The molecule has 0 bridgehead atoms. The summed E-state index contributed by atoms with van der Waals surface area (Å²) in [6, 6.07) is 12.0. The Morgan fingerprint density at radius 2 is 2.04 bits per heavy atom. The van der Waals surface area contributed by atoms with Gasteiger partial charge in [-0.3, -0.25) is 4.79 Å². The lowest BCUT2D eigenvalue weighted by Crippen LogP contribution is -2.16. The van der Waals surface area contributed by atoms with Gasteiger partial charge >= 0.3 is 5.91 Å². The van der Waals surface area contributed by atoms with Crippen LogP contribution >= 0.6 is 39.1 Å². The first-order valence-electron chi connectivity index (χ1n) is 7.49. The van der Waals surface area contributed by atoms with Gasteiger partial charge in [0.15, 0.2) is 18.1 Å². The van der Waals surface area contributed by atoms with Crippen molar-refractivity contribution in [2.75, 3.05) is 6.61 Å². The molecule has 0 atom stereocenters. The molecule has 2 aromatic carbocycles. The van der Waals surface area contributed by atoms with Crippen LogP contribution in [0.5, 0.6) is 5.75 Å². The van der Waals surface area contributed by atoms with Crippen LogP contribution < -0.4 is 10.2 Å². The first-order valence-corrected chi connectivity index (χ1v) is 9.04. The Balaban J connectivity index is 1.71. The van der Waals surface area contributed by atoms with E-state index in [0.29, 0.717) is 11.1 Å². The van der Waals surface area contributed by atoms with Crippen molar-refractivity contribution < 1.29 is 13.9 Å². The Bertz CT molecular complexity index is 1070. The maximum Gasteiger partial charge on any atom is 0.307 e. The van der Waals surface area contributed by atoms with Gasteiger partial charge in [-0.25, -0.2) is 5.43 Å². The second kappa shape index (κ2) is 8.44. The van der Waals surface area contributed by atoms with E-state index in [2.05, 4.69) is 26.5 Å². The van der Waals surface area contributed by atoms with Crippen molar-refractivity contribution in [3.8, 4) is 11.8 Å².